The van der Waals surface area contributed by atoms with E-state index in [1.54, 1.807) is 12.1 Å². The van der Waals surface area contributed by atoms with Gasteiger partial charge in [0.1, 0.15) is 5.82 Å². The summed E-state index contributed by atoms with van der Waals surface area (Å²) in [6, 6.07) is 7.13. The van der Waals surface area contributed by atoms with Gasteiger partial charge in [-0.3, -0.25) is 0 Å². The average Bonchev–Trinajstić information content (AvgIpc) is 2.27. The minimum Gasteiger partial charge on any atom is -0.382 e. The summed E-state index contributed by atoms with van der Waals surface area (Å²) in [7, 11) is 0. The fraction of sp³-hybridized carbons (Fsp3) is 0.462. The molecular weight excluding hydrogens is 283 g/mol. The van der Waals surface area contributed by atoms with Crippen LogP contribution < -0.4 is 5.32 Å². The molecule has 0 unspecified atom stereocenters. The summed E-state index contributed by atoms with van der Waals surface area (Å²) in [5.74, 6) is -0.265. The second-order valence-corrected chi connectivity index (χ2v) is 5.48. The average molecular weight is 299 g/mol. The van der Waals surface area contributed by atoms with Crippen molar-refractivity contribution in [1.29, 1.82) is 5.26 Å². The van der Waals surface area contributed by atoms with Crippen molar-refractivity contribution in [3.63, 3.8) is 0 Å². The fourth-order valence-corrected chi connectivity index (χ4v) is 1.95. The summed E-state index contributed by atoms with van der Waals surface area (Å²) in [6.45, 7) is 4.47. The van der Waals surface area contributed by atoms with Crippen LogP contribution in [0.1, 0.15) is 26.7 Å². The van der Waals surface area contributed by atoms with Crippen LogP contribution in [0.3, 0.4) is 0 Å². The number of hydrogen-bond donors (Lipinski definition) is 1. The van der Waals surface area contributed by atoms with Crippen molar-refractivity contribution in [3.8, 4) is 6.07 Å². The van der Waals surface area contributed by atoms with Crippen molar-refractivity contribution >= 4 is 21.6 Å². The van der Waals surface area contributed by atoms with Crippen molar-refractivity contribution < 1.29 is 4.39 Å². The topological polar surface area (TPSA) is 35.8 Å². The lowest BCUT2D eigenvalue weighted by molar-refractivity contribution is 0.441. The maximum Gasteiger partial charge on any atom is 0.147 e. The van der Waals surface area contributed by atoms with E-state index in [4.69, 9.17) is 5.26 Å². The highest BCUT2D eigenvalue weighted by molar-refractivity contribution is 9.10. The van der Waals surface area contributed by atoms with Gasteiger partial charge in [-0.1, -0.05) is 6.07 Å². The second-order valence-electron chi connectivity index (χ2n) is 4.62. The van der Waals surface area contributed by atoms with Crippen molar-refractivity contribution in [2.75, 3.05) is 11.9 Å². The highest BCUT2D eigenvalue weighted by Crippen LogP contribution is 2.26. The normalized spacial score (nSPS) is 11.0. The van der Waals surface area contributed by atoms with Crippen LogP contribution in [0.4, 0.5) is 10.1 Å². The predicted octanol–water partition coefficient (Wildman–Crippen LogP) is 4.33. The lowest BCUT2D eigenvalue weighted by atomic mass is 9.90. The third-order valence-corrected chi connectivity index (χ3v) is 3.21. The molecule has 0 heterocycles. The van der Waals surface area contributed by atoms with Gasteiger partial charge in [0.05, 0.1) is 17.2 Å². The summed E-state index contributed by atoms with van der Waals surface area (Å²) in [6.07, 6.45) is 1.63. The molecule has 1 aromatic rings. The van der Waals surface area contributed by atoms with Crippen LogP contribution in [0.25, 0.3) is 0 Å². The van der Waals surface area contributed by atoms with Crippen LogP contribution in [0.2, 0.25) is 0 Å². The zero-order valence-corrected chi connectivity index (χ0v) is 11.6. The highest BCUT2D eigenvalue weighted by Gasteiger charge is 2.15. The van der Waals surface area contributed by atoms with E-state index in [-0.39, 0.29) is 11.2 Å². The van der Waals surface area contributed by atoms with E-state index in [1.165, 1.54) is 6.07 Å². The van der Waals surface area contributed by atoms with Crippen LogP contribution in [-0.2, 0) is 0 Å². The van der Waals surface area contributed by atoms with Gasteiger partial charge < -0.3 is 5.32 Å². The molecule has 0 saturated heterocycles. The quantitative estimate of drug-likeness (QED) is 0.821. The van der Waals surface area contributed by atoms with Crippen molar-refractivity contribution in [2.45, 2.75) is 26.7 Å². The summed E-state index contributed by atoms with van der Waals surface area (Å²) >= 11 is 3.30. The van der Waals surface area contributed by atoms with Gasteiger partial charge in [-0.2, -0.15) is 5.26 Å². The summed E-state index contributed by atoms with van der Waals surface area (Å²) < 4.78 is 14.2. The van der Waals surface area contributed by atoms with Gasteiger partial charge in [0.25, 0.3) is 0 Å². The smallest absolute Gasteiger partial charge is 0.147 e. The Labute approximate surface area is 110 Å². The molecule has 92 valence electrons. The number of nitriles is 1. The molecule has 0 bridgehead atoms. The number of nitrogens with one attached hydrogen (secondary N) is 1. The van der Waals surface area contributed by atoms with Gasteiger partial charge in [0.15, 0.2) is 0 Å². The second kappa shape index (κ2) is 6.02. The number of halogens is 2. The molecule has 0 saturated carbocycles. The van der Waals surface area contributed by atoms with E-state index >= 15 is 0 Å². The molecular formula is C13H16BrFN2. The van der Waals surface area contributed by atoms with Gasteiger partial charge in [-0.25, -0.2) is 4.39 Å². The van der Waals surface area contributed by atoms with E-state index in [0.717, 1.165) is 17.3 Å². The molecule has 4 heteroatoms. The lowest BCUT2D eigenvalue weighted by Gasteiger charge is -2.15. The maximum absolute atomic E-state index is 13.4. The largest absolute Gasteiger partial charge is 0.382 e. The van der Waals surface area contributed by atoms with Gasteiger partial charge in [-0.15, -0.1) is 0 Å². The minimum atomic E-state index is -0.311. The lowest BCUT2D eigenvalue weighted by Crippen LogP contribution is -2.11. The Hall–Kier alpha value is -1.08. The zero-order valence-electron chi connectivity index (χ0n) is 10.1. The first-order chi connectivity index (χ1) is 7.96. The Morgan fingerprint density at radius 1 is 1.47 bits per heavy atom. The zero-order chi connectivity index (χ0) is 12.9. The summed E-state index contributed by atoms with van der Waals surface area (Å²) in [5, 5.41) is 11.9. The van der Waals surface area contributed by atoms with Crippen molar-refractivity contribution in [2.24, 2.45) is 5.41 Å². The maximum atomic E-state index is 13.4. The fourth-order valence-electron chi connectivity index (χ4n) is 1.47. The molecule has 0 amide bonds. The molecule has 0 aliphatic carbocycles. The Morgan fingerprint density at radius 2 is 2.18 bits per heavy atom. The molecule has 0 aromatic heterocycles. The molecule has 1 N–H and O–H groups in total. The van der Waals surface area contributed by atoms with Crippen molar-refractivity contribution in [3.05, 3.63) is 28.5 Å². The summed E-state index contributed by atoms with van der Waals surface area (Å²) in [5.41, 5.74) is 0.177. The molecule has 0 radical (unpaired) electrons. The van der Waals surface area contributed by atoms with E-state index < -0.39 is 0 Å². The van der Waals surface area contributed by atoms with Crippen LogP contribution in [0.15, 0.2) is 22.7 Å². The minimum absolute atomic E-state index is 0.265. The standard InChI is InChI=1S/C13H16BrFN2/c1-13(2,9-16)7-4-8-17-12-10(14)5-3-6-11(12)15/h3,5-6,17H,4,7-8H2,1-2H3. The molecule has 1 rings (SSSR count). The number of benzene rings is 1. The number of para-hydroxylation sites is 1. The molecule has 0 atom stereocenters. The third kappa shape index (κ3) is 4.35. The first-order valence-electron chi connectivity index (χ1n) is 5.55. The predicted molar refractivity (Wildman–Crippen MR) is 71.2 cm³/mol. The van der Waals surface area contributed by atoms with Crippen LogP contribution in [-0.4, -0.2) is 6.54 Å². The Balaban J connectivity index is 2.45. The SMILES string of the molecule is CC(C)(C#N)CCCNc1c(F)cccc1Br. The third-order valence-electron chi connectivity index (χ3n) is 2.55. The van der Waals surface area contributed by atoms with Gasteiger partial charge in [0, 0.05) is 11.0 Å². The van der Waals surface area contributed by atoms with Gasteiger partial charge >= 0.3 is 0 Å². The first kappa shape index (κ1) is 14.0. The van der Waals surface area contributed by atoms with E-state index in [2.05, 4.69) is 27.3 Å². The van der Waals surface area contributed by atoms with Gasteiger partial charge in [-0.05, 0) is 54.8 Å². The number of nitrogens with zero attached hydrogens (tertiary/aromatic N) is 1. The van der Waals surface area contributed by atoms with E-state index in [0.29, 0.717) is 12.2 Å². The van der Waals surface area contributed by atoms with E-state index in [9.17, 15) is 4.39 Å². The molecule has 2 nitrogen and oxygen atoms in total. The molecule has 0 aliphatic rings. The van der Waals surface area contributed by atoms with Crippen LogP contribution >= 0.6 is 15.9 Å². The molecule has 1 aromatic carbocycles. The molecule has 0 spiro atoms. The molecule has 0 fully saturated rings. The van der Waals surface area contributed by atoms with Crippen LogP contribution in [0, 0.1) is 22.6 Å². The van der Waals surface area contributed by atoms with Crippen molar-refractivity contribution in [1.82, 2.24) is 0 Å². The molecule has 0 aliphatic heterocycles. The Kier molecular flexibility index (Phi) is 4.95. The van der Waals surface area contributed by atoms with E-state index in [1.807, 2.05) is 13.8 Å². The number of anilines is 1. The Morgan fingerprint density at radius 3 is 2.76 bits per heavy atom. The summed E-state index contributed by atoms with van der Waals surface area (Å²) in [4.78, 5) is 0. The Bertz CT molecular complexity index is 404. The van der Waals surface area contributed by atoms with Crippen LogP contribution in [0.5, 0.6) is 0 Å². The van der Waals surface area contributed by atoms with Gasteiger partial charge in [0.2, 0.25) is 0 Å². The monoisotopic (exact) mass is 298 g/mol. The number of rotatable bonds is 5. The highest BCUT2D eigenvalue weighted by atomic mass is 79.9. The first-order valence-corrected chi connectivity index (χ1v) is 6.35. The molecule has 17 heavy (non-hydrogen) atoms. The number of hydrogen-bond acceptors (Lipinski definition) is 2.